The van der Waals surface area contributed by atoms with Crippen molar-refractivity contribution in [2.24, 2.45) is 5.92 Å². The van der Waals surface area contributed by atoms with Crippen LogP contribution in [0.25, 0.3) is 0 Å². The van der Waals surface area contributed by atoms with Crippen molar-refractivity contribution < 1.29 is 14.3 Å². The van der Waals surface area contributed by atoms with Crippen molar-refractivity contribution in [3.8, 4) is 0 Å². The minimum atomic E-state index is -0.715. The van der Waals surface area contributed by atoms with Gasteiger partial charge in [0.25, 0.3) is 0 Å². The van der Waals surface area contributed by atoms with Gasteiger partial charge in [-0.2, -0.15) is 0 Å². The average molecular weight is 297 g/mol. The fraction of sp³-hybridized carbons (Fsp3) is 0.867. The number of ether oxygens (including phenoxy) is 1. The molecular formula is C15H27N3O3. The van der Waals surface area contributed by atoms with E-state index in [9.17, 15) is 9.59 Å². The second kappa shape index (κ2) is 6.32. The minimum absolute atomic E-state index is 0.0355. The second-order valence-electron chi connectivity index (χ2n) is 6.56. The number of nitrogens with zero attached hydrogens (tertiary/aromatic N) is 2. The normalized spacial score (nSPS) is 30.0. The highest BCUT2D eigenvalue weighted by Gasteiger charge is 2.54. The van der Waals surface area contributed by atoms with Crippen LogP contribution in [0.2, 0.25) is 0 Å². The number of amides is 2. The summed E-state index contributed by atoms with van der Waals surface area (Å²) in [6, 6.07) is -0.415. The molecule has 120 valence electrons. The summed E-state index contributed by atoms with van der Waals surface area (Å²) in [5, 5.41) is 2.92. The van der Waals surface area contributed by atoms with E-state index in [4.69, 9.17) is 4.74 Å². The van der Waals surface area contributed by atoms with E-state index in [-0.39, 0.29) is 11.8 Å². The Morgan fingerprint density at radius 2 is 2.00 bits per heavy atom. The van der Waals surface area contributed by atoms with Crippen LogP contribution in [0.4, 0.5) is 0 Å². The van der Waals surface area contributed by atoms with E-state index in [1.807, 2.05) is 25.9 Å². The zero-order valence-corrected chi connectivity index (χ0v) is 13.5. The van der Waals surface area contributed by atoms with E-state index in [0.29, 0.717) is 25.7 Å². The first-order valence-corrected chi connectivity index (χ1v) is 7.72. The number of nitrogens with one attached hydrogen (secondary N) is 1. The van der Waals surface area contributed by atoms with Gasteiger partial charge in [-0.15, -0.1) is 0 Å². The molecule has 6 heteroatoms. The van der Waals surface area contributed by atoms with Gasteiger partial charge in [0.1, 0.15) is 11.6 Å². The van der Waals surface area contributed by atoms with Crippen molar-refractivity contribution in [2.75, 3.05) is 40.4 Å². The molecule has 1 N–H and O–H groups in total. The van der Waals surface area contributed by atoms with Gasteiger partial charge < -0.3 is 19.9 Å². The van der Waals surface area contributed by atoms with Gasteiger partial charge in [-0.3, -0.25) is 9.59 Å². The molecular weight excluding hydrogens is 270 g/mol. The van der Waals surface area contributed by atoms with Gasteiger partial charge >= 0.3 is 0 Å². The first kappa shape index (κ1) is 16.2. The third-order valence-electron chi connectivity index (χ3n) is 4.49. The summed E-state index contributed by atoms with van der Waals surface area (Å²) in [5.41, 5.74) is -0.715. The molecule has 2 rings (SSSR count). The predicted octanol–water partition coefficient (Wildman–Crippen LogP) is 0.0802. The molecule has 1 aliphatic heterocycles. The summed E-state index contributed by atoms with van der Waals surface area (Å²) >= 11 is 0. The number of hydrogen-bond donors (Lipinski definition) is 1. The molecule has 0 aromatic rings. The second-order valence-corrected chi connectivity index (χ2v) is 6.56. The number of likely N-dealkylation sites (N-methyl/N-ethyl adjacent to an activating group) is 1. The largest absolute Gasteiger partial charge is 0.378 e. The molecule has 2 amide bonds. The van der Waals surface area contributed by atoms with Crippen molar-refractivity contribution in [1.82, 2.24) is 15.1 Å². The number of rotatable bonds is 7. The summed E-state index contributed by atoms with van der Waals surface area (Å²) in [7, 11) is 3.98. The molecule has 21 heavy (non-hydrogen) atoms. The van der Waals surface area contributed by atoms with Crippen molar-refractivity contribution in [2.45, 2.75) is 38.3 Å². The van der Waals surface area contributed by atoms with Crippen molar-refractivity contribution in [1.29, 1.82) is 0 Å². The van der Waals surface area contributed by atoms with Crippen molar-refractivity contribution in [3.63, 3.8) is 0 Å². The maximum absolute atomic E-state index is 12.7. The van der Waals surface area contributed by atoms with E-state index >= 15 is 0 Å². The third kappa shape index (κ3) is 3.55. The van der Waals surface area contributed by atoms with Gasteiger partial charge in [-0.25, -0.2) is 0 Å². The fourth-order valence-electron chi connectivity index (χ4n) is 2.77. The third-order valence-corrected chi connectivity index (χ3v) is 4.49. The summed E-state index contributed by atoms with van der Waals surface area (Å²) < 4.78 is 5.56. The van der Waals surface area contributed by atoms with Gasteiger partial charge in [0.05, 0.1) is 13.2 Å². The van der Waals surface area contributed by atoms with Crippen LogP contribution in [0.15, 0.2) is 0 Å². The highest BCUT2D eigenvalue weighted by Crippen LogP contribution is 2.42. The molecule has 2 aliphatic rings. The smallest absolute Gasteiger partial charge is 0.249 e. The average Bonchev–Trinajstić information content (AvgIpc) is 3.24. The molecule has 0 aromatic carbocycles. The molecule has 0 aromatic heterocycles. The molecule has 1 saturated heterocycles. The number of piperazine rings is 1. The van der Waals surface area contributed by atoms with Crippen molar-refractivity contribution >= 4 is 11.8 Å². The zero-order valence-electron chi connectivity index (χ0n) is 13.5. The molecule has 1 heterocycles. The Bertz CT molecular complexity index is 409. The maximum Gasteiger partial charge on any atom is 0.249 e. The van der Waals surface area contributed by atoms with Crippen LogP contribution in [0.3, 0.4) is 0 Å². The minimum Gasteiger partial charge on any atom is -0.378 e. The molecule has 0 spiro atoms. The van der Waals surface area contributed by atoms with Gasteiger partial charge in [-0.1, -0.05) is 0 Å². The van der Waals surface area contributed by atoms with Gasteiger partial charge in [0.2, 0.25) is 11.8 Å². The molecule has 0 bridgehead atoms. The summed E-state index contributed by atoms with van der Waals surface area (Å²) in [6.45, 7) is 6.07. The topological polar surface area (TPSA) is 61.9 Å². The first-order valence-electron chi connectivity index (χ1n) is 7.72. The summed E-state index contributed by atoms with van der Waals surface area (Å²) in [5.74, 6) is 0.268. The van der Waals surface area contributed by atoms with Crippen LogP contribution in [0.5, 0.6) is 0 Å². The molecule has 1 saturated carbocycles. The van der Waals surface area contributed by atoms with Gasteiger partial charge in [0.15, 0.2) is 0 Å². The highest BCUT2D eigenvalue weighted by molar-refractivity contribution is 5.99. The molecule has 6 nitrogen and oxygen atoms in total. The van der Waals surface area contributed by atoms with Crippen LogP contribution in [0.1, 0.15) is 26.7 Å². The monoisotopic (exact) mass is 297 g/mol. The Morgan fingerprint density at radius 1 is 1.33 bits per heavy atom. The standard InChI is InChI=1S/C15H27N3O3/c1-11-13(19)16-15(2,12-5-6-12)14(20)18(11)8-10-21-9-7-17(3)4/h11-12H,5-10H2,1-4H3,(H,16,19). The Labute approximate surface area is 126 Å². The van der Waals surface area contributed by atoms with E-state index in [1.54, 1.807) is 11.8 Å². The lowest BCUT2D eigenvalue weighted by Crippen LogP contribution is -2.69. The van der Waals surface area contributed by atoms with E-state index in [0.717, 1.165) is 19.4 Å². The number of hydrogen-bond acceptors (Lipinski definition) is 4. The van der Waals surface area contributed by atoms with Crippen LogP contribution < -0.4 is 5.32 Å². The predicted molar refractivity (Wildman–Crippen MR) is 79.8 cm³/mol. The van der Waals surface area contributed by atoms with Gasteiger partial charge in [0, 0.05) is 13.1 Å². The quantitative estimate of drug-likeness (QED) is 0.676. The lowest BCUT2D eigenvalue weighted by Gasteiger charge is -2.43. The van der Waals surface area contributed by atoms with E-state index in [1.165, 1.54) is 0 Å². The Hall–Kier alpha value is -1.14. The number of carbonyl (C=O) groups is 2. The zero-order chi connectivity index (χ0) is 15.6. The maximum atomic E-state index is 12.7. The van der Waals surface area contributed by atoms with Crippen LogP contribution >= 0.6 is 0 Å². The highest BCUT2D eigenvalue weighted by atomic mass is 16.5. The van der Waals surface area contributed by atoms with Crippen LogP contribution in [-0.4, -0.2) is 73.6 Å². The fourth-order valence-corrected chi connectivity index (χ4v) is 2.77. The SMILES string of the molecule is CC1C(=O)NC(C)(C2CC2)C(=O)N1CCOCCN(C)C. The molecule has 2 fully saturated rings. The first-order chi connectivity index (χ1) is 9.86. The van der Waals surface area contributed by atoms with Crippen molar-refractivity contribution in [3.05, 3.63) is 0 Å². The van der Waals surface area contributed by atoms with E-state index < -0.39 is 11.6 Å². The van der Waals surface area contributed by atoms with E-state index in [2.05, 4.69) is 5.32 Å². The summed E-state index contributed by atoms with van der Waals surface area (Å²) in [4.78, 5) is 28.5. The van der Waals surface area contributed by atoms with Crippen LogP contribution in [-0.2, 0) is 14.3 Å². The Balaban J connectivity index is 1.90. The Kier molecular flexibility index (Phi) is 4.88. The molecule has 0 radical (unpaired) electrons. The number of carbonyl (C=O) groups excluding carboxylic acids is 2. The lowest BCUT2D eigenvalue weighted by molar-refractivity contribution is -0.155. The Morgan fingerprint density at radius 3 is 2.57 bits per heavy atom. The van der Waals surface area contributed by atoms with Crippen LogP contribution in [0, 0.1) is 5.92 Å². The molecule has 2 unspecified atom stereocenters. The lowest BCUT2D eigenvalue weighted by atomic mass is 9.90. The molecule has 1 aliphatic carbocycles. The molecule has 2 atom stereocenters. The summed E-state index contributed by atoms with van der Waals surface area (Å²) in [6.07, 6.45) is 2.04. The van der Waals surface area contributed by atoms with Gasteiger partial charge in [-0.05, 0) is 46.7 Å².